The predicted octanol–water partition coefficient (Wildman–Crippen LogP) is 2.46. The van der Waals surface area contributed by atoms with E-state index in [-0.39, 0.29) is 11.8 Å². The Bertz CT molecular complexity index is 500. The molecule has 2 N–H and O–H groups in total. The number of carbonyl (C=O) groups is 1. The molecule has 1 fully saturated rings. The van der Waals surface area contributed by atoms with Crippen molar-refractivity contribution < 1.29 is 9.53 Å². The summed E-state index contributed by atoms with van der Waals surface area (Å²) in [6, 6.07) is 5.96. The van der Waals surface area contributed by atoms with Crippen molar-refractivity contribution >= 4 is 5.78 Å². The third-order valence-corrected chi connectivity index (χ3v) is 4.21. The molecule has 2 unspecified atom stereocenters. The Kier molecular flexibility index (Phi) is 5.37. The minimum Gasteiger partial charge on any atom is -0.494 e. The number of hydrogen-bond donors (Lipinski definition) is 1. The van der Waals surface area contributed by atoms with Crippen molar-refractivity contribution in [3.05, 3.63) is 29.3 Å². The molecular weight excluding hydrogens is 264 g/mol. The second kappa shape index (κ2) is 7.05. The van der Waals surface area contributed by atoms with Crippen molar-refractivity contribution in [3.8, 4) is 5.75 Å². The van der Waals surface area contributed by atoms with Crippen LogP contribution >= 0.6 is 0 Å². The maximum atomic E-state index is 11.6. The molecule has 1 aliphatic heterocycles. The number of benzene rings is 1. The molecule has 4 heteroatoms. The number of nitrogens with zero attached hydrogens (tertiary/aromatic N) is 1. The van der Waals surface area contributed by atoms with Gasteiger partial charge >= 0.3 is 0 Å². The van der Waals surface area contributed by atoms with E-state index in [4.69, 9.17) is 10.5 Å². The van der Waals surface area contributed by atoms with Gasteiger partial charge in [0.25, 0.3) is 0 Å². The van der Waals surface area contributed by atoms with Crippen LogP contribution in [0, 0.1) is 5.92 Å². The second-order valence-electron chi connectivity index (χ2n) is 5.95. The Labute approximate surface area is 127 Å². The molecule has 116 valence electrons. The number of nitrogens with two attached hydrogens (primary N) is 1. The van der Waals surface area contributed by atoms with E-state index < -0.39 is 0 Å². The molecule has 0 aromatic heterocycles. The Morgan fingerprint density at radius 2 is 2.29 bits per heavy atom. The van der Waals surface area contributed by atoms with Crippen LogP contribution in [-0.2, 0) is 6.54 Å². The summed E-state index contributed by atoms with van der Waals surface area (Å²) in [5.41, 5.74) is 7.84. The van der Waals surface area contributed by atoms with Crippen LogP contribution in [0.4, 0.5) is 0 Å². The number of Topliss-reactive ketones (excluding diaryl/α,β-unsaturated/α-hetero) is 1. The lowest BCUT2D eigenvalue weighted by Gasteiger charge is -2.20. The SMILES string of the molecule is CCOc1ccc(C(C)=O)cc1CN1CCC(C(C)N)C1. The molecule has 2 rings (SSSR count). The number of hydrogen-bond acceptors (Lipinski definition) is 4. The zero-order chi connectivity index (χ0) is 15.4. The summed E-state index contributed by atoms with van der Waals surface area (Å²) in [6.45, 7) is 9.19. The zero-order valence-corrected chi connectivity index (χ0v) is 13.3. The van der Waals surface area contributed by atoms with Crippen molar-refractivity contribution in [1.82, 2.24) is 4.90 Å². The quantitative estimate of drug-likeness (QED) is 0.818. The van der Waals surface area contributed by atoms with Gasteiger partial charge in [0.05, 0.1) is 6.61 Å². The van der Waals surface area contributed by atoms with Crippen LogP contribution in [0.25, 0.3) is 0 Å². The molecule has 1 aromatic rings. The molecule has 4 nitrogen and oxygen atoms in total. The largest absolute Gasteiger partial charge is 0.494 e. The third-order valence-electron chi connectivity index (χ3n) is 4.21. The van der Waals surface area contributed by atoms with Crippen LogP contribution in [0.1, 0.15) is 43.1 Å². The molecule has 1 heterocycles. The third kappa shape index (κ3) is 4.05. The van der Waals surface area contributed by atoms with Gasteiger partial charge in [0, 0.05) is 30.3 Å². The first kappa shape index (κ1) is 16.0. The molecule has 0 amide bonds. The van der Waals surface area contributed by atoms with Crippen molar-refractivity contribution in [2.45, 2.75) is 39.8 Å². The summed E-state index contributed by atoms with van der Waals surface area (Å²) < 4.78 is 5.69. The highest BCUT2D eigenvalue weighted by atomic mass is 16.5. The number of rotatable bonds is 6. The predicted molar refractivity (Wildman–Crippen MR) is 84.6 cm³/mol. The summed E-state index contributed by atoms with van der Waals surface area (Å²) in [4.78, 5) is 14.0. The van der Waals surface area contributed by atoms with E-state index in [0.29, 0.717) is 12.5 Å². The van der Waals surface area contributed by atoms with Crippen LogP contribution in [0.2, 0.25) is 0 Å². The van der Waals surface area contributed by atoms with Gasteiger partial charge in [-0.1, -0.05) is 0 Å². The molecular formula is C17H26N2O2. The standard InChI is InChI=1S/C17H26N2O2/c1-4-21-17-6-5-14(13(3)20)9-16(17)11-19-8-7-15(10-19)12(2)18/h5-6,9,12,15H,4,7-8,10-11,18H2,1-3H3. The van der Waals surface area contributed by atoms with E-state index in [1.807, 2.05) is 25.1 Å². The smallest absolute Gasteiger partial charge is 0.159 e. The van der Waals surface area contributed by atoms with E-state index in [9.17, 15) is 4.79 Å². The lowest BCUT2D eigenvalue weighted by Crippen LogP contribution is -2.29. The minimum atomic E-state index is 0.0918. The summed E-state index contributed by atoms with van der Waals surface area (Å²) >= 11 is 0. The van der Waals surface area contributed by atoms with Gasteiger partial charge in [0.2, 0.25) is 0 Å². The van der Waals surface area contributed by atoms with Crippen molar-refractivity contribution in [2.75, 3.05) is 19.7 Å². The van der Waals surface area contributed by atoms with Crippen LogP contribution in [0.3, 0.4) is 0 Å². The normalized spacial score (nSPS) is 20.5. The van der Waals surface area contributed by atoms with Crippen molar-refractivity contribution in [3.63, 3.8) is 0 Å². The molecule has 1 saturated heterocycles. The number of ether oxygens (including phenoxy) is 1. The van der Waals surface area contributed by atoms with Gasteiger partial charge in [0.1, 0.15) is 5.75 Å². The van der Waals surface area contributed by atoms with Gasteiger partial charge in [-0.3, -0.25) is 9.69 Å². The maximum Gasteiger partial charge on any atom is 0.159 e. The Balaban J connectivity index is 2.13. The highest BCUT2D eigenvalue weighted by Gasteiger charge is 2.25. The van der Waals surface area contributed by atoms with E-state index in [2.05, 4.69) is 11.8 Å². The van der Waals surface area contributed by atoms with E-state index in [0.717, 1.165) is 42.9 Å². The molecule has 0 bridgehead atoms. The fourth-order valence-corrected chi connectivity index (χ4v) is 2.89. The Hall–Kier alpha value is -1.39. The molecule has 0 aliphatic carbocycles. The highest BCUT2D eigenvalue weighted by Crippen LogP contribution is 2.26. The maximum absolute atomic E-state index is 11.6. The second-order valence-corrected chi connectivity index (χ2v) is 5.95. The first-order valence-electron chi connectivity index (χ1n) is 7.75. The number of carbonyl (C=O) groups excluding carboxylic acids is 1. The monoisotopic (exact) mass is 290 g/mol. The first-order valence-corrected chi connectivity index (χ1v) is 7.75. The summed E-state index contributed by atoms with van der Waals surface area (Å²) in [5, 5.41) is 0. The summed E-state index contributed by atoms with van der Waals surface area (Å²) in [6.07, 6.45) is 1.15. The van der Waals surface area contributed by atoms with E-state index >= 15 is 0 Å². The average Bonchev–Trinajstić information content (AvgIpc) is 2.89. The molecule has 1 aliphatic rings. The fraction of sp³-hybridized carbons (Fsp3) is 0.588. The molecule has 21 heavy (non-hydrogen) atoms. The van der Waals surface area contributed by atoms with Crippen LogP contribution in [-0.4, -0.2) is 36.4 Å². The molecule has 0 radical (unpaired) electrons. The van der Waals surface area contributed by atoms with Crippen LogP contribution < -0.4 is 10.5 Å². The van der Waals surface area contributed by atoms with E-state index in [1.54, 1.807) is 6.92 Å². The fourth-order valence-electron chi connectivity index (χ4n) is 2.89. The van der Waals surface area contributed by atoms with Gasteiger partial charge in [-0.25, -0.2) is 0 Å². The molecule has 1 aromatic carbocycles. The van der Waals surface area contributed by atoms with Gasteiger partial charge in [0.15, 0.2) is 5.78 Å². The minimum absolute atomic E-state index is 0.0918. The number of ketones is 1. The van der Waals surface area contributed by atoms with Crippen LogP contribution in [0.15, 0.2) is 18.2 Å². The lowest BCUT2D eigenvalue weighted by atomic mass is 10.0. The summed E-state index contributed by atoms with van der Waals surface area (Å²) in [5.74, 6) is 1.54. The van der Waals surface area contributed by atoms with Crippen LogP contribution in [0.5, 0.6) is 5.75 Å². The first-order chi connectivity index (χ1) is 10.0. The highest BCUT2D eigenvalue weighted by molar-refractivity contribution is 5.94. The zero-order valence-electron chi connectivity index (χ0n) is 13.3. The van der Waals surface area contributed by atoms with Gasteiger partial charge in [-0.2, -0.15) is 0 Å². The molecule has 2 atom stereocenters. The molecule has 0 saturated carbocycles. The Morgan fingerprint density at radius 1 is 1.52 bits per heavy atom. The van der Waals surface area contributed by atoms with Gasteiger partial charge < -0.3 is 10.5 Å². The van der Waals surface area contributed by atoms with Crippen molar-refractivity contribution in [1.29, 1.82) is 0 Å². The molecule has 0 spiro atoms. The topological polar surface area (TPSA) is 55.6 Å². The lowest BCUT2D eigenvalue weighted by molar-refractivity contribution is 0.101. The average molecular weight is 290 g/mol. The Morgan fingerprint density at radius 3 is 2.86 bits per heavy atom. The number of likely N-dealkylation sites (tertiary alicyclic amines) is 1. The summed E-state index contributed by atoms with van der Waals surface area (Å²) in [7, 11) is 0. The van der Waals surface area contributed by atoms with Crippen molar-refractivity contribution in [2.24, 2.45) is 11.7 Å². The van der Waals surface area contributed by atoms with Gasteiger partial charge in [-0.05, 0) is 57.9 Å². The van der Waals surface area contributed by atoms with Gasteiger partial charge in [-0.15, -0.1) is 0 Å². The van der Waals surface area contributed by atoms with E-state index in [1.165, 1.54) is 0 Å².